The zero-order valence-electron chi connectivity index (χ0n) is 17.2. The first-order chi connectivity index (χ1) is 14.7. The fourth-order valence-corrected chi connectivity index (χ4v) is 4.01. The second kappa shape index (κ2) is 11.2. The van der Waals surface area contributed by atoms with Crippen LogP contribution >= 0.6 is 11.6 Å². The Bertz CT molecular complexity index is 905. The van der Waals surface area contributed by atoms with Gasteiger partial charge in [0, 0.05) is 31.2 Å². The van der Waals surface area contributed by atoms with Gasteiger partial charge in [0.15, 0.2) is 6.61 Å². The van der Waals surface area contributed by atoms with Crippen molar-refractivity contribution in [3.8, 4) is 5.75 Å². The van der Waals surface area contributed by atoms with Crippen LogP contribution in [0.1, 0.15) is 17.2 Å². The van der Waals surface area contributed by atoms with Crippen molar-refractivity contribution in [1.82, 2.24) is 9.80 Å². The maximum atomic E-state index is 12.6. The van der Waals surface area contributed by atoms with Gasteiger partial charge < -0.3 is 22.0 Å². The second-order valence-electron chi connectivity index (χ2n) is 7.38. The highest BCUT2D eigenvalue weighted by Gasteiger charge is 2.28. The highest BCUT2D eigenvalue weighted by Crippen LogP contribution is 2.29. The Labute approximate surface area is 194 Å². The molecule has 3 aromatic rings. The van der Waals surface area contributed by atoms with E-state index < -0.39 is 0 Å². The van der Waals surface area contributed by atoms with Gasteiger partial charge in [0.1, 0.15) is 5.75 Å². The number of carbonyl (C=O) groups is 1. The molecule has 0 saturated carbocycles. The van der Waals surface area contributed by atoms with E-state index in [9.17, 15) is 4.79 Å². The summed E-state index contributed by atoms with van der Waals surface area (Å²) in [6.07, 6.45) is 0. The van der Waals surface area contributed by atoms with E-state index in [0.717, 1.165) is 13.1 Å². The van der Waals surface area contributed by atoms with E-state index in [-0.39, 0.29) is 31.0 Å². The van der Waals surface area contributed by atoms with Crippen LogP contribution < -0.4 is 17.1 Å². The molecule has 3 aromatic carbocycles. The van der Waals surface area contributed by atoms with Gasteiger partial charge in [0.25, 0.3) is 5.91 Å². The maximum Gasteiger partial charge on any atom is 0.260 e. The van der Waals surface area contributed by atoms with Crippen LogP contribution in [-0.4, -0.2) is 48.5 Å². The summed E-state index contributed by atoms with van der Waals surface area (Å²) < 4.78 is 5.63. The third-order valence-corrected chi connectivity index (χ3v) is 5.69. The van der Waals surface area contributed by atoms with Crippen molar-refractivity contribution in [3.05, 3.63) is 101 Å². The average Bonchev–Trinajstić information content (AvgIpc) is 2.81. The molecule has 162 valence electrons. The molecule has 0 atom stereocenters. The number of halogens is 2. The summed E-state index contributed by atoms with van der Waals surface area (Å²) in [4.78, 5) is 17.0. The van der Waals surface area contributed by atoms with Crippen LogP contribution in [0.4, 0.5) is 0 Å². The number of hydrogen-bond donors (Lipinski definition) is 0. The summed E-state index contributed by atoms with van der Waals surface area (Å²) in [5.74, 6) is 0.667. The van der Waals surface area contributed by atoms with Gasteiger partial charge in [-0.3, -0.25) is 9.69 Å². The van der Waals surface area contributed by atoms with Gasteiger partial charge in [0.2, 0.25) is 0 Å². The van der Waals surface area contributed by atoms with Crippen LogP contribution in [0.5, 0.6) is 5.75 Å². The average molecular weight is 456 g/mol. The molecule has 1 amide bonds. The number of nitrogens with zero attached hydrogens (tertiary/aromatic N) is 2. The van der Waals surface area contributed by atoms with E-state index in [1.54, 1.807) is 24.3 Å². The number of carbonyl (C=O) groups excluding carboxylic acids is 1. The lowest BCUT2D eigenvalue weighted by atomic mass is 9.96. The van der Waals surface area contributed by atoms with E-state index in [1.807, 2.05) is 17.0 Å². The summed E-state index contributed by atoms with van der Waals surface area (Å²) in [7, 11) is 0. The molecule has 1 fully saturated rings. The van der Waals surface area contributed by atoms with Gasteiger partial charge in [-0.15, -0.1) is 0 Å². The van der Waals surface area contributed by atoms with E-state index >= 15 is 0 Å². The van der Waals surface area contributed by atoms with Gasteiger partial charge in [-0.2, -0.15) is 0 Å². The molecular formula is C25H25Cl2N2O2-. The van der Waals surface area contributed by atoms with Gasteiger partial charge >= 0.3 is 0 Å². The molecule has 1 saturated heterocycles. The first-order valence-electron chi connectivity index (χ1n) is 10.2. The lowest BCUT2D eigenvalue weighted by Crippen LogP contribution is -3.00. The molecule has 6 heteroatoms. The van der Waals surface area contributed by atoms with E-state index in [2.05, 4.69) is 53.4 Å². The molecule has 0 radical (unpaired) electrons. The van der Waals surface area contributed by atoms with Gasteiger partial charge in [0.05, 0.1) is 6.04 Å². The van der Waals surface area contributed by atoms with Crippen LogP contribution in [0.3, 0.4) is 0 Å². The maximum absolute atomic E-state index is 12.6. The summed E-state index contributed by atoms with van der Waals surface area (Å²) in [6.45, 7) is 3.07. The van der Waals surface area contributed by atoms with Crippen molar-refractivity contribution in [2.24, 2.45) is 0 Å². The number of piperazine rings is 1. The highest BCUT2D eigenvalue weighted by molar-refractivity contribution is 6.30. The number of ether oxygens (including phenoxy) is 1. The van der Waals surface area contributed by atoms with Crippen molar-refractivity contribution in [2.75, 3.05) is 32.8 Å². The zero-order valence-corrected chi connectivity index (χ0v) is 18.7. The number of rotatable bonds is 6. The van der Waals surface area contributed by atoms with Gasteiger partial charge in [-0.1, -0.05) is 72.3 Å². The smallest absolute Gasteiger partial charge is 0.260 e. The first-order valence-corrected chi connectivity index (χ1v) is 10.6. The first kappa shape index (κ1) is 23.1. The Balaban J connectivity index is 0.00000272. The Morgan fingerprint density at radius 2 is 1.32 bits per heavy atom. The molecule has 0 N–H and O–H groups in total. The van der Waals surface area contributed by atoms with Crippen molar-refractivity contribution in [3.63, 3.8) is 0 Å². The quantitative estimate of drug-likeness (QED) is 0.566. The lowest BCUT2D eigenvalue weighted by molar-refractivity contribution is -0.135. The minimum atomic E-state index is 0. The normalized spacial score (nSPS) is 14.2. The molecule has 0 unspecified atom stereocenters. The predicted octanol–water partition coefficient (Wildman–Crippen LogP) is 1.66. The van der Waals surface area contributed by atoms with Crippen molar-refractivity contribution in [2.45, 2.75) is 6.04 Å². The van der Waals surface area contributed by atoms with E-state index in [0.29, 0.717) is 23.9 Å². The topological polar surface area (TPSA) is 32.8 Å². The molecule has 1 aliphatic heterocycles. The van der Waals surface area contributed by atoms with E-state index in [1.165, 1.54) is 11.1 Å². The monoisotopic (exact) mass is 455 g/mol. The van der Waals surface area contributed by atoms with Crippen LogP contribution in [0.15, 0.2) is 84.9 Å². The standard InChI is InChI=1S/C25H25ClN2O2.ClH/c26-22-11-13-23(14-12-22)30-19-24(29)27-15-17-28(18-16-27)25(20-7-3-1-4-8-20)21-9-5-2-6-10-21;/h1-14,25H,15-19H2;1H/p-1. The minimum absolute atomic E-state index is 0. The SMILES string of the molecule is O=C(COc1ccc(Cl)cc1)N1CCN(C(c2ccccc2)c2ccccc2)CC1.[Cl-]. The number of amides is 1. The third-order valence-electron chi connectivity index (χ3n) is 5.44. The Morgan fingerprint density at radius 3 is 1.84 bits per heavy atom. The van der Waals surface area contributed by atoms with Gasteiger partial charge in [-0.05, 0) is 35.4 Å². The van der Waals surface area contributed by atoms with Crippen LogP contribution in [-0.2, 0) is 4.79 Å². The summed E-state index contributed by atoms with van der Waals surface area (Å²) in [5, 5.41) is 0.649. The fraction of sp³-hybridized carbons (Fsp3) is 0.240. The van der Waals surface area contributed by atoms with Crippen LogP contribution in [0, 0.1) is 0 Å². The zero-order chi connectivity index (χ0) is 20.8. The van der Waals surface area contributed by atoms with Crippen molar-refractivity contribution < 1.29 is 21.9 Å². The van der Waals surface area contributed by atoms with Crippen molar-refractivity contribution >= 4 is 17.5 Å². The van der Waals surface area contributed by atoms with E-state index in [4.69, 9.17) is 16.3 Å². The van der Waals surface area contributed by atoms with Crippen molar-refractivity contribution in [1.29, 1.82) is 0 Å². The summed E-state index contributed by atoms with van der Waals surface area (Å²) in [5.41, 5.74) is 2.55. The highest BCUT2D eigenvalue weighted by atomic mass is 35.5. The second-order valence-corrected chi connectivity index (χ2v) is 7.82. The van der Waals surface area contributed by atoms with Gasteiger partial charge in [-0.25, -0.2) is 0 Å². The lowest BCUT2D eigenvalue weighted by Gasteiger charge is -2.39. The summed E-state index contributed by atoms with van der Waals surface area (Å²) in [6, 6.07) is 28.4. The molecule has 0 aromatic heterocycles. The molecular weight excluding hydrogens is 431 g/mol. The Morgan fingerprint density at radius 1 is 0.806 bits per heavy atom. The number of benzene rings is 3. The molecule has 4 rings (SSSR count). The third kappa shape index (κ3) is 6.01. The molecule has 31 heavy (non-hydrogen) atoms. The minimum Gasteiger partial charge on any atom is -1.00 e. The molecule has 0 spiro atoms. The predicted molar refractivity (Wildman–Crippen MR) is 120 cm³/mol. The molecule has 0 aliphatic carbocycles. The molecule has 4 nitrogen and oxygen atoms in total. The number of hydrogen-bond acceptors (Lipinski definition) is 3. The Hall–Kier alpha value is -2.53. The van der Waals surface area contributed by atoms with Crippen LogP contribution in [0.25, 0.3) is 0 Å². The largest absolute Gasteiger partial charge is 1.00 e. The molecule has 1 aliphatic rings. The fourth-order valence-electron chi connectivity index (χ4n) is 3.88. The van der Waals surface area contributed by atoms with Crippen LogP contribution in [0.2, 0.25) is 5.02 Å². The summed E-state index contributed by atoms with van der Waals surface area (Å²) >= 11 is 5.89. The molecule has 1 heterocycles. The Kier molecular flexibility index (Phi) is 8.35. The molecule has 0 bridgehead atoms.